The number of anilines is 1. The van der Waals surface area contributed by atoms with Crippen molar-refractivity contribution >= 4 is 11.6 Å². The second kappa shape index (κ2) is 5.11. The molecular weight excluding hydrogens is 220 g/mol. The molecule has 0 unspecified atom stereocenters. The fraction of sp³-hybridized carbons (Fsp3) is 0.182. The lowest BCUT2D eigenvalue weighted by molar-refractivity contribution is 0.0953. The molecule has 1 aromatic heterocycles. The van der Waals surface area contributed by atoms with Crippen molar-refractivity contribution in [2.45, 2.75) is 6.42 Å². The van der Waals surface area contributed by atoms with E-state index < -0.39 is 0 Å². The fourth-order valence-electron chi connectivity index (χ4n) is 1.33. The number of aromatic nitrogens is 2. The first-order valence-electron chi connectivity index (χ1n) is 5.15. The molecule has 6 heteroatoms. The van der Waals surface area contributed by atoms with Gasteiger partial charge in [0.05, 0.1) is 0 Å². The second-order valence-electron chi connectivity index (χ2n) is 3.46. The molecule has 1 heterocycles. The Balaban J connectivity index is 1.83. The Morgan fingerprint density at radius 2 is 2.12 bits per heavy atom. The van der Waals surface area contributed by atoms with Crippen LogP contribution in [0.15, 0.2) is 35.1 Å². The summed E-state index contributed by atoms with van der Waals surface area (Å²) >= 11 is 0. The predicted octanol–water partition coefficient (Wildman–Crippen LogP) is 0.624. The van der Waals surface area contributed by atoms with Gasteiger partial charge in [-0.15, -0.1) is 0 Å². The zero-order chi connectivity index (χ0) is 12.1. The molecule has 88 valence electrons. The van der Waals surface area contributed by atoms with Crippen LogP contribution in [0.1, 0.15) is 16.2 Å². The van der Waals surface area contributed by atoms with E-state index in [1.807, 2.05) is 0 Å². The van der Waals surface area contributed by atoms with Gasteiger partial charge in [-0.05, 0) is 24.3 Å². The van der Waals surface area contributed by atoms with E-state index in [4.69, 9.17) is 10.3 Å². The Labute approximate surface area is 97.8 Å². The van der Waals surface area contributed by atoms with Crippen molar-refractivity contribution in [3.8, 4) is 0 Å². The van der Waals surface area contributed by atoms with Gasteiger partial charge < -0.3 is 15.6 Å². The van der Waals surface area contributed by atoms with Crippen LogP contribution in [0.25, 0.3) is 0 Å². The minimum absolute atomic E-state index is 0.149. The quantitative estimate of drug-likeness (QED) is 0.754. The molecule has 2 rings (SSSR count). The van der Waals surface area contributed by atoms with Crippen LogP contribution in [-0.4, -0.2) is 22.6 Å². The minimum Gasteiger partial charge on any atom is -0.399 e. The lowest BCUT2D eigenvalue weighted by Gasteiger charge is -2.03. The molecule has 0 bridgehead atoms. The molecule has 0 aliphatic heterocycles. The van der Waals surface area contributed by atoms with Crippen molar-refractivity contribution in [2.75, 3.05) is 12.3 Å². The highest BCUT2D eigenvalue weighted by Crippen LogP contribution is 2.05. The number of rotatable bonds is 4. The third-order valence-corrected chi connectivity index (χ3v) is 2.20. The largest absolute Gasteiger partial charge is 0.399 e. The van der Waals surface area contributed by atoms with Crippen LogP contribution in [0.2, 0.25) is 0 Å². The number of nitrogens with zero attached hydrogens (tertiary/aromatic N) is 2. The first-order chi connectivity index (χ1) is 8.25. The third-order valence-electron chi connectivity index (χ3n) is 2.20. The van der Waals surface area contributed by atoms with Crippen molar-refractivity contribution in [1.82, 2.24) is 15.5 Å². The molecule has 0 aliphatic carbocycles. The number of nitrogens with one attached hydrogen (secondary N) is 1. The van der Waals surface area contributed by atoms with E-state index in [1.165, 1.54) is 6.33 Å². The van der Waals surface area contributed by atoms with Gasteiger partial charge in [-0.25, -0.2) is 0 Å². The first kappa shape index (κ1) is 11.1. The second-order valence-corrected chi connectivity index (χ2v) is 3.46. The zero-order valence-electron chi connectivity index (χ0n) is 9.09. The van der Waals surface area contributed by atoms with E-state index in [9.17, 15) is 4.79 Å². The molecule has 0 spiro atoms. The van der Waals surface area contributed by atoms with Crippen molar-refractivity contribution in [3.05, 3.63) is 42.0 Å². The van der Waals surface area contributed by atoms with Gasteiger partial charge in [0.25, 0.3) is 5.91 Å². The molecule has 2 aromatic rings. The van der Waals surface area contributed by atoms with Gasteiger partial charge in [-0.2, -0.15) is 4.98 Å². The van der Waals surface area contributed by atoms with Gasteiger partial charge >= 0.3 is 0 Å². The smallest absolute Gasteiger partial charge is 0.251 e. The maximum atomic E-state index is 11.7. The molecule has 17 heavy (non-hydrogen) atoms. The van der Waals surface area contributed by atoms with Crippen LogP contribution in [-0.2, 0) is 6.42 Å². The molecule has 6 nitrogen and oxygen atoms in total. The Hall–Kier alpha value is -2.37. The van der Waals surface area contributed by atoms with Gasteiger partial charge in [0, 0.05) is 24.2 Å². The van der Waals surface area contributed by atoms with Crippen LogP contribution in [0.3, 0.4) is 0 Å². The van der Waals surface area contributed by atoms with Crippen molar-refractivity contribution in [3.63, 3.8) is 0 Å². The highest BCUT2D eigenvalue weighted by molar-refractivity contribution is 5.94. The van der Waals surface area contributed by atoms with Gasteiger partial charge in [-0.1, -0.05) is 5.16 Å². The van der Waals surface area contributed by atoms with E-state index in [1.54, 1.807) is 24.3 Å². The van der Waals surface area contributed by atoms with Crippen LogP contribution in [0.5, 0.6) is 0 Å². The van der Waals surface area contributed by atoms with Gasteiger partial charge in [0.15, 0.2) is 6.33 Å². The van der Waals surface area contributed by atoms with E-state index in [0.717, 1.165) is 0 Å². The summed E-state index contributed by atoms with van der Waals surface area (Å²) in [6.07, 6.45) is 1.85. The molecule has 0 saturated heterocycles. The van der Waals surface area contributed by atoms with Crippen molar-refractivity contribution in [2.24, 2.45) is 0 Å². The summed E-state index contributed by atoms with van der Waals surface area (Å²) in [7, 11) is 0. The van der Waals surface area contributed by atoms with E-state index in [2.05, 4.69) is 15.5 Å². The Bertz CT molecular complexity index is 479. The van der Waals surface area contributed by atoms with Gasteiger partial charge in [0.1, 0.15) is 0 Å². The Morgan fingerprint density at radius 1 is 1.35 bits per heavy atom. The third kappa shape index (κ3) is 3.04. The predicted molar refractivity (Wildman–Crippen MR) is 61.2 cm³/mol. The average Bonchev–Trinajstić information content (AvgIpc) is 2.83. The number of carbonyl (C=O) groups is 1. The van der Waals surface area contributed by atoms with Crippen LogP contribution >= 0.6 is 0 Å². The van der Waals surface area contributed by atoms with Crippen LogP contribution in [0.4, 0.5) is 5.69 Å². The number of nitrogens with two attached hydrogens (primary N) is 1. The SMILES string of the molecule is Nc1ccc(C(=O)NCCc2ncno2)cc1. The first-order valence-corrected chi connectivity index (χ1v) is 5.15. The molecule has 3 N–H and O–H groups in total. The number of amides is 1. The Morgan fingerprint density at radius 3 is 2.76 bits per heavy atom. The maximum Gasteiger partial charge on any atom is 0.251 e. The summed E-state index contributed by atoms with van der Waals surface area (Å²) < 4.78 is 4.81. The summed E-state index contributed by atoms with van der Waals surface area (Å²) in [5.41, 5.74) is 6.74. The molecule has 1 aromatic carbocycles. The number of hydrogen-bond acceptors (Lipinski definition) is 5. The van der Waals surface area contributed by atoms with E-state index >= 15 is 0 Å². The Kier molecular flexibility index (Phi) is 3.34. The molecular formula is C11H12N4O2. The van der Waals surface area contributed by atoms with Crippen LogP contribution in [0, 0.1) is 0 Å². The topological polar surface area (TPSA) is 94.0 Å². The maximum absolute atomic E-state index is 11.7. The number of nitrogen functional groups attached to an aromatic ring is 1. The normalized spacial score (nSPS) is 10.1. The number of benzene rings is 1. The van der Waals surface area contributed by atoms with Crippen molar-refractivity contribution in [1.29, 1.82) is 0 Å². The zero-order valence-corrected chi connectivity index (χ0v) is 9.09. The lowest BCUT2D eigenvalue weighted by atomic mass is 10.2. The monoisotopic (exact) mass is 232 g/mol. The highest BCUT2D eigenvalue weighted by Gasteiger charge is 2.05. The molecule has 0 radical (unpaired) electrons. The van der Waals surface area contributed by atoms with Crippen molar-refractivity contribution < 1.29 is 9.32 Å². The summed E-state index contributed by atoms with van der Waals surface area (Å²) in [5.74, 6) is 0.354. The standard InChI is InChI=1S/C11H12N4O2/c12-9-3-1-8(2-4-9)11(16)13-6-5-10-14-7-15-17-10/h1-4,7H,5-6,12H2,(H,13,16). The molecule has 0 saturated carbocycles. The molecule has 1 amide bonds. The summed E-state index contributed by atoms with van der Waals surface area (Å²) in [6.45, 7) is 0.450. The summed E-state index contributed by atoms with van der Waals surface area (Å²) in [5, 5.41) is 6.22. The fourth-order valence-corrected chi connectivity index (χ4v) is 1.33. The lowest BCUT2D eigenvalue weighted by Crippen LogP contribution is -2.25. The number of carbonyl (C=O) groups excluding carboxylic acids is 1. The molecule has 0 atom stereocenters. The minimum atomic E-state index is -0.149. The molecule has 0 fully saturated rings. The highest BCUT2D eigenvalue weighted by atomic mass is 16.5. The van der Waals surface area contributed by atoms with E-state index in [0.29, 0.717) is 30.1 Å². The van der Waals surface area contributed by atoms with Crippen LogP contribution < -0.4 is 11.1 Å². The molecule has 0 aliphatic rings. The summed E-state index contributed by atoms with van der Waals surface area (Å²) in [6, 6.07) is 6.73. The summed E-state index contributed by atoms with van der Waals surface area (Å²) in [4.78, 5) is 15.5. The van der Waals surface area contributed by atoms with Gasteiger partial charge in [-0.3, -0.25) is 4.79 Å². The average molecular weight is 232 g/mol. The van der Waals surface area contributed by atoms with Gasteiger partial charge in [0.2, 0.25) is 5.89 Å². The van der Waals surface area contributed by atoms with E-state index in [-0.39, 0.29) is 5.91 Å². The number of hydrogen-bond donors (Lipinski definition) is 2.